The molecule has 2 aliphatic heterocycles. The molecule has 4 rings (SSSR count). The first kappa shape index (κ1) is 24.5. The van der Waals surface area contributed by atoms with Gasteiger partial charge in [0.05, 0.1) is 5.02 Å². The zero-order valence-corrected chi connectivity index (χ0v) is 20.2. The molecule has 1 unspecified atom stereocenters. The number of piperidine rings is 1. The van der Waals surface area contributed by atoms with E-state index >= 15 is 0 Å². The van der Waals surface area contributed by atoms with Crippen LogP contribution in [0.1, 0.15) is 69.8 Å². The van der Waals surface area contributed by atoms with Crippen molar-refractivity contribution < 1.29 is 14.4 Å². The van der Waals surface area contributed by atoms with Gasteiger partial charge in [0.15, 0.2) is 6.29 Å². The molecule has 3 aliphatic rings. The third kappa shape index (κ3) is 7.95. The normalized spacial score (nSPS) is 23.6. The number of ether oxygens (including phenoxy) is 1. The Balaban J connectivity index is 1.19. The van der Waals surface area contributed by atoms with Gasteiger partial charge in [0.2, 0.25) is 0 Å². The molecule has 0 bridgehead atoms. The molecule has 7 nitrogen and oxygen atoms in total. The zero-order chi connectivity index (χ0) is 22.9. The summed E-state index contributed by atoms with van der Waals surface area (Å²) in [5, 5.41) is 4.08. The van der Waals surface area contributed by atoms with Crippen LogP contribution in [-0.4, -0.2) is 54.4 Å². The summed E-state index contributed by atoms with van der Waals surface area (Å²) >= 11 is 6.47. The van der Waals surface area contributed by atoms with Gasteiger partial charge in [0.1, 0.15) is 5.82 Å². The van der Waals surface area contributed by atoms with Crippen LogP contribution in [0.25, 0.3) is 6.08 Å². The lowest BCUT2D eigenvalue weighted by molar-refractivity contribution is -0.198. The highest BCUT2D eigenvalue weighted by atomic mass is 35.5. The van der Waals surface area contributed by atoms with Gasteiger partial charge in [-0.2, -0.15) is 0 Å². The van der Waals surface area contributed by atoms with Crippen LogP contribution in [0.5, 0.6) is 0 Å². The van der Waals surface area contributed by atoms with Crippen molar-refractivity contribution in [1.82, 2.24) is 15.4 Å². The van der Waals surface area contributed by atoms with Crippen LogP contribution in [0, 0.1) is 5.92 Å². The first-order chi connectivity index (χ1) is 16.2. The van der Waals surface area contributed by atoms with Crippen LogP contribution in [0.2, 0.25) is 5.02 Å². The van der Waals surface area contributed by atoms with E-state index in [0.717, 1.165) is 56.7 Å². The van der Waals surface area contributed by atoms with Gasteiger partial charge in [-0.25, -0.2) is 15.3 Å². The van der Waals surface area contributed by atoms with Crippen molar-refractivity contribution in [3.63, 3.8) is 0 Å². The zero-order valence-electron chi connectivity index (χ0n) is 19.4. The highest BCUT2D eigenvalue weighted by molar-refractivity contribution is 6.33. The summed E-state index contributed by atoms with van der Waals surface area (Å²) in [7, 11) is 0. The van der Waals surface area contributed by atoms with E-state index in [9.17, 15) is 4.79 Å². The third-order valence-corrected chi connectivity index (χ3v) is 7.18. The number of hydrogen-bond donors (Lipinski definition) is 2. The lowest BCUT2D eigenvalue weighted by Gasteiger charge is -2.35. The second-order valence-electron chi connectivity index (χ2n) is 9.54. The summed E-state index contributed by atoms with van der Waals surface area (Å²) in [6.45, 7) is 4.20. The number of carbonyl (C=O) groups excluding carboxylic acids is 1. The lowest BCUT2D eigenvalue weighted by atomic mass is 9.88. The van der Waals surface area contributed by atoms with E-state index in [4.69, 9.17) is 21.2 Å². The molecule has 0 spiro atoms. The fourth-order valence-electron chi connectivity index (χ4n) is 4.97. The number of nitrogens with one attached hydrogen (secondary N) is 2. The SMILES string of the molecule is O=C(C=Cc1cnc(NC2CCN(CC3CCCCC3)CC2)c(Cl)c1)NOC1CCCCO1. The Bertz CT molecular complexity index is 786. The van der Waals surface area contributed by atoms with Crippen LogP contribution in [0.15, 0.2) is 18.3 Å². The van der Waals surface area contributed by atoms with E-state index in [1.54, 1.807) is 12.3 Å². The number of rotatable bonds is 8. The van der Waals surface area contributed by atoms with Crippen LogP contribution in [-0.2, 0) is 14.4 Å². The summed E-state index contributed by atoms with van der Waals surface area (Å²) < 4.78 is 5.42. The van der Waals surface area contributed by atoms with Crippen molar-refractivity contribution in [2.75, 3.05) is 31.6 Å². The van der Waals surface area contributed by atoms with Crippen molar-refractivity contribution in [3.05, 3.63) is 28.9 Å². The first-order valence-electron chi connectivity index (χ1n) is 12.6. The van der Waals surface area contributed by atoms with E-state index < -0.39 is 0 Å². The lowest BCUT2D eigenvalue weighted by Crippen LogP contribution is -2.41. The molecule has 1 saturated carbocycles. The summed E-state index contributed by atoms with van der Waals surface area (Å²) in [5.74, 6) is 1.26. The summed E-state index contributed by atoms with van der Waals surface area (Å²) in [4.78, 5) is 24.4. The minimum absolute atomic E-state index is 0.345. The van der Waals surface area contributed by atoms with E-state index in [1.165, 1.54) is 44.7 Å². The molecular formula is C25H37ClN4O3. The highest BCUT2D eigenvalue weighted by Gasteiger charge is 2.23. The predicted octanol–water partition coefficient (Wildman–Crippen LogP) is 4.78. The second-order valence-corrected chi connectivity index (χ2v) is 9.94. The molecule has 182 valence electrons. The molecule has 1 atom stereocenters. The van der Waals surface area contributed by atoms with Gasteiger partial charge in [-0.3, -0.25) is 4.79 Å². The molecule has 1 aromatic heterocycles. The first-order valence-corrected chi connectivity index (χ1v) is 12.9. The van der Waals surface area contributed by atoms with Gasteiger partial charge in [0, 0.05) is 51.0 Å². The molecular weight excluding hydrogens is 440 g/mol. The van der Waals surface area contributed by atoms with Crippen molar-refractivity contribution in [2.24, 2.45) is 5.92 Å². The number of hydrogen-bond acceptors (Lipinski definition) is 6. The van der Waals surface area contributed by atoms with E-state index in [2.05, 4.69) is 20.7 Å². The Morgan fingerprint density at radius 1 is 1.15 bits per heavy atom. The van der Waals surface area contributed by atoms with E-state index in [0.29, 0.717) is 23.5 Å². The Morgan fingerprint density at radius 3 is 2.67 bits per heavy atom. The number of halogens is 1. The molecule has 33 heavy (non-hydrogen) atoms. The smallest absolute Gasteiger partial charge is 0.267 e. The number of amides is 1. The van der Waals surface area contributed by atoms with Crippen LogP contribution >= 0.6 is 11.6 Å². The predicted molar refractivity (Wildman–Crippen MR) is 131 cm³/mol. The van der Waals surface area contributed by atoms with Gasteiger partial charge in [-0.05, 0) is 62.1 Å². The second kappa shape index (κ2) is 12.7. The third-order valence-electron chi connectivity index (χ3n) is 6.89. The standard InChI is InChI=1S/C25H37ClN4O3/c26-22-16-20(9-10-23(31)29-33-24-8-4-5-15-32-24)17-27-25(22)28-21-11-13-30(14-12-21)18-19-6-2-1-3-7-19/h9-10,16-17,19,21,24H,1-8,11-15,18H2,(H,27,28)(H,29,31). The largest absolute Gasteiger partial charge is 0.366 e. The van der Waals surface area contributed by atoms with Crippen LogP contribution in [0.4, 0.5) is 5.82 Å². The molecule has 2 N–H and O–H groups in total. The maximum absolute atomic E-state index is 12.0. The molecule has 2 saturated heterocycles. The summed E-state index contributed by atoms with van der Waals surface area (Å²) in [6.07, 6.45) is 16.6. The highest BCUT2D eigenvalue weighted by Crippen LogP contribution is 2.27. The Labute approximate surface area is 202 Å². The van der Waals surface area contributed by atoms with Gasteiger partial charge >= 0.3 is 0 Å². The van der Waals surface area contributed by atoms with Gasteiger partial charge < -0.3 is 15.0 Å². The Morgan fingerprint density at radius 2 is 1.94 bits per heavy atom. The van der Waals surface area contributed by atoms with Crippen molar-refractivity contribution in [2.45, 2.75) is 76.5 Å². The van der Waals surface area contributed by atoms with Crippen LogP contribution in [0.3, 0.4) is 0 Å². The van der Waals surface area contributed by atoms with Crippen molar-refractivity contribution in [3.8, 4) is 0 Å². The minimum Gasteiger partial charge on any atom is -0.366 e. The molecule has 8 heteroatoms. The monoisotopic (exact) mass is 476 g/mol. The topological polar surface area (TPSA) is 75.7 Å². The van der Waals surface area contributed by atoms with Gasteiger partial charge in [-0.1, -0.05) is 30.9 Å². The van der Waals surface area contributed by atoms with Gasteiger partial charge in [-0.15, -0.1) is 0 Å². The number of hydroxylamine groups is 1. The quantitative estimate of drug-likeness (QED) is 0.415. The molecule has 3 heterocycles. The maximum Gasteiger partial charge on any atom is 0.267 e. The van der Waals surface area contributed by atoms with E-state index in [-0.39, 0.29) is 12.2 Å². The molecule has 0 aromatic carbocycles. The van der Waals surface area contributed by atoms with E-state index in [1.807, 2.05) is 6.07 Å². The Hall–Kier alpha value is -1.67. The van der Waals surface area contributed by atoms with Crippen molar-refractivity contribution >= 4 is 29.4 Å². The average molecular weight is 477 g/mol. The fraction of sp³-hybridized carbons (Fsp3) is 0.680. The number of pyridine rings is 1. The number of anilines is 1. The average Bonchev–Trinajstić information content (AvgIpc) is 2.85. The maximum atomic E-state index is 12.0. The molecule has 1 aliphatic carbocycles. The molecule has 1 amide bonds. The minimum atomic E-state index is -0.364. The fourth-order valence-corrected chi connectivity index (χ4v) is 5.20. The number of likely N-dealkylation sites (tertiary alicyclic amines) is 1. The summed E-state index contributed by atoms with van der Waals surface area (Å²) in [5.41, 5.74) is 3.17. The number of carbonyl (C=O) groups is 1. The Kier molecular flexibility index (Phi) is 9.41. The van der Waals surface area contributed by atoms with Gasteiger partial charge in [0.25, 0.3) is 5.91 Å². The summed E-state index contributed by atoms with van der Waals surface area (Å²) in [6, 6.07) is 2.22. The molecule has 0 radical (unpaired) electrons. The molecule has 1 aromatic rings. The molecule has 3 fully saturated rings. The van der Waals surface area contributed by atoms with Crippen molar-refractivity contribution in [1.29, 1.82) is 0 Å². The number of nitrogens with zero attached hydrogens (tertiary/aromatic N) is 2. The number of aromatic nitrogens is 1. The van der Waals surface area contributed by atoms with Crippen LogP contribution < -0.4 is 10.8 Å².